The highest BCUT2D eigenvalue weighted by Gasteiger charge is 2.04. The van der Waals surface area contributed by atoms with Crippen LogP contribution in [0.4, 0.5) is 5.69 Å². The fourth-order valence-electron chi connectivity index (χ4n) is 1.95. The van der Waals surface area contributed by atoms with Gasteiger partial charge < -0.3 is 15.7 Å². The fourth-order valence-corrected chi connectivity index (χ4v) is 1.95. The normalized spacial score (nSPS) is 10.6. The third kappa shape index (κ3) is 7.14. The number of benzene rings is 1. The standard InChI is InChI=1S/C16H26N2O2/c1-13(2)18-16(20)12-14-6-8-15(9-7-14)17-10-4-3-5-11-19/h6-9,13,17,19H,3-5,10-12H2,1-2H3,(H,18,20). The van der Waals surface area contributed by atoms with Gasteiger partial charge in [0.1, 0.15) is 0 Å². The van der Waals surface area contributed by atoms with E-state index in [1.807, 2.05) is 38.1 Å². The van der Waals surface area contributed by atoms with Crippen molar-refractivity contribution in [3.8, 4) is 0 Å². The molecule has 0 radical (unpaired) electrons. The molecule has 0 atom stereocenters. The number of aliphatic hydroxyl groups excluding tert-OH is 1. The zero-order valence-corrected chi connectivity index (χ0v) is 12.5. The van der Waals surface area contributed by atoms with Gasteiger partial charge in [0.05, 0.1) is 6.42 Å². The van der Waals surface area contributed by atoms with Crippen LogP contribution in [0.25, 0.3) is 0 Å². The number of rotatable bonds is 9. The number of unbranched alkanes of at least 4 members (excludes halogenated alkanes) is 2. The maximum Gasteiger partial charge on any atom is 0.224 e. The molecule has 1 amide bonds. The first-order valence-corrected chi connectivity index (χ1v) is 7.35. The minimum atomic E-state index is 0.0599. The van der Waals surface area contributed by atoms with Crippen molar-refractivity contribution in [3.05, 3.63) is 29.8 Å². The van der Waals surface area contributed by atoms with Gasteiger partial charge in [-0.3, -0.25) is 4.79 Å². The van der Waals surface area contributed by atoms with E-state index in [0.717, 1.165) is 37.1 Å². The molecule has 0 saturated heterocycles. The van der Waals surface area contributed by atoms with E-state index < -0.39 is 0 Å². The van der Waals surface area contributed by atoms with Crippen LogP contribution in [0, 0.1) is 0 Å². The molecule has 0 aliphatic rings. The Hall–Kier alpha value is -1.55. The quantitative estimate of drug-likeness (QED) is 0.608. The summed E-state index contributed by atoms with van der Waals surface area (Å²) in [7, 11) is 0. The Morgan fingerprint density at radius 1 is 1.15 bits per heavy atom. The van der Waals surface area contributed by atoms with Crippen molar-refractivity contribution in [3.63, 3.8) is 0 Å². The highest BCUT2D eigenvalue weighted by atomic mass is 16.2. The highest BCUT2D eigenvalue weighted by molar-refractivity contribution is 5.78. The zero-order valence-electron chi connectivity index (χ0n) is 12.5. The summed E-state index contributed by atoms with van der Waals surface area (Å²) in [6, 6.07) is 8.15. The third-order valence-electron chi connectivity index (χ3n) is 2.93. The number of nitrogens with one attached hydrogen (secondary N) is 2. The number of anilines is 1. The van der Waals surface area contributed by atoms with Crippen molar-refractivity contribution < 1.29 is 9.90 Å². The average molecular weight is 278 g/mol. The molecule has 0 aliphatic heterocycles. The monoisotopic (exact) mass is 278 g/mol. The topological polar surface area (TPSA) is 61.4 Å². The van der Waals surface area contributed by atoms with Crippen LogP contribution in [0.3, 0.4) is 0 Å². The molecule has 0 spiro atoms. The lowest BCUT2D eigenvalue weighted by Gasteiger charge is -2.09. The lowest BCUT2D eigenvalue weighted by Crippen LogP contribution is -2.31. The number of amides is 1. The summed E-state index contributed by atoms with van der Waals surface area (Å²) in [5.74, 6) is 0.0599. The van der Waals surface area contributed by atoms with Crippen molar-refractivity contribution in [1.82, 2.24) is 5.32 Å². The Balaban J connectivity index is 2.31. The van der Waals surface area contributed by atoms with Crippen LogP contribution < -0.4 is 10.6 Å². The predicted octanol–water partition coefficient (Wildman–Crippen LogP) is 2.33. The minimum absolute atomic E-state index is 0.0599. The zero-order chi connectivity index (χ0) is 14.8. The molecule has 3 N–H and O–H groups in total. The number of hydrogen-bond acceptors (Lipinski definition) is 3. The molecule has 1 rings (SSSR count). The number of hydrogen-bond donors (Lipinski definition) is 3. The van der Waals surface area contributed by atoms with Gasteiger partial charge in [0, 0.05) is 24.9 Å². The molecule has 0 heterocycles. The Kier molecular flexibility index (Phi) is 7.73. The van der Waals surface area contributed by atoms with Crippen LogP contribution in [-0.2, 0) is 11.2 Å². The largest absolute Gasteiger partial charge is 0.396 e. The number of carbonyl (C=O) groups excluding carboxylic acids is 1. The molecule has 0 aliphatic carbocycles. The van der Waals surface area contributed by atoms with Crippen molar-refractivity contribution in [2.45, 2.75) is 45.6 Å². The van der Waals surface area contributed by atoms with Crippen molar-refractivity contribution >= 4 is 11.6 Å². The van der Waals surface area contributed by atoms with Crippen molar-refractivity contribution in [2.75, 3.05) is 18.5 Å². The number of aliphatic hydroxyl groups is 1. The van der Waals surface area contributed by atoms with Gasteiger partial charge in [-0.25, -0.2) is 0 Å². The summed E-state index contributed by atoms with van der Waals surface area (Å²) in [6.45, 7) is 5.10. The molecule has 4 heteroatoms. The molecule has 0 saturated carbocycles. The Bertz CT molecular complexity index is 388. The molecule has 4 nitrogen and oxygen atoms in total. The van der Waals surface area contributed by atoms with Crippen LogP contribution in [0.1, 0.15) is 38.7 Å². The second kappa shape index (κ2) is 9.37. The lowest BCUT2D eigenvalue weighted by atomic mass is 10.1. The first-order chi connectivity index (χ1) is 9.61. The van der Waals surface area contributed by atoms with Crippen LogP contribution in [0.15, 0.2) is 24.3 Å². The third-order valence-corrected chi connectivity index (χ3v) is 2.93. The SMILES string of the molecule is CC(C)NC(=O)Cc1ccc(NCCCCCO)cc1. The Morgan fingerprint density at radius 3 is 2.45 bits per heavy atom. The molecule has 0 fully saturated rings. The number of carbonyl (C=O) groups is 1. The van der Waals surface area contributed by atoms with E-state index in [0.29, 0.717) is 6.42 Å². The van der Waals surface area contributed by atoms with E-state index in [9.17, 15) is 4.79 Å². The van der Waals surface area contributed by atoms with E-state index in [-0.39, 0.29) is 18.6 Å². The predicted molar refractivity (Wildman–Crippen MR) is 82.9 cm³/mol. The first kappa shape index (κ1) is 16.5. The Morgan fingerprint density at radius 2 is 1.85 bits per heavy atom. The fraction of sp³-hybridized carbons (Fsp3) is 0.562. The van der Waals surface area contributed by atoms with E-state index in [4.69, 9.17) is 5.11 Å². The lowest BCUT2D eigenvalue weighted by molar-refractivity contribution is -0.120. The van der Waals surface area contributed by atoms with Gasteiger partial charge >= 0.3 is 0 Å². The van der Waals surface area contributed by atoms with Crippen LogP contribution in [0.5, 0.6) is 0 Å². The summed E-state index contributed by atoms with van der Waals surface area (Å²) in [5.41, 5.74) is 2.09. The molecule has 112 valence electrons. The van der Waals surface area contributed by atoms with E-state index in [1.54, 1.807) is 0 Å². The highest BCUT2D eigenvalue weighted by Crippen LogP contribution is 2.10. The molecule has 20 heavy (non-hydrogen) atoms. The average Bonchev–Trinajstić information content (AvgIpc) is 2.39. The van der Waals surface area contributed by atoms with E-state index in [1.165, 1.54) is 0 Å². The van der Waals surface area contributed by atoms with Crippen LogP contribution >= 0.6 is 0 Å². The van der Waals surface area contributed by atoms with Gasteiger partial charge in [-0.15, -0.1) is 0 Å². The Labute approximate surface area is 121 Å². The molecular weight excluding hydrogens is 252 g/mol. The maximum absolute atomic E-state index is 11.6. The second-order valence-electron chi connectivity index (χ2n) is 5.31. The maximum atomic E-state index is 11.6. The minimum Gasteiger partial charge on any atom is -0.396 e. The first-order valence-electron chi connectivity index (χ1n) is 7.35. The smallest absolute Gasteiger partial charge is 0.224 e. The molecule has 0 bridgehead atoms. The van der Waals surface area contributed by atoms with E-state index >= 15 is 0 Å². The molecule has 0 unspecified atom stereocenters. The summed E-state index contributed by atoms with van der Waals surface area (Å²) >= 11 is 0. The van der Waals surface area contributed by atoms with Gasteiger partial charge in [0.2, 0.25) is 5.91 Å². The van der Waals surface area contributed by atoms with Gasteiger partial charge in [-0.2, -0.15) is 0 Å². The molecular formula is C16H26N2O2. The van der Waals surface area contributed by atoms with Gasteiger partial charge in [-0.1, -0.05) is 12.1 Å². The van der Waals surface area contributed by atoms with E-state index in [2.05, 4.69) is 10.6 Å². The van der Waals surface area contributed by atoms with Gasteiger partial charge in [0.25, 0.3) is 0 Å². The summed E-state index contributed by atoms with van der Waals surface area (Å²) in [5, 5.41) is 14.9. The van der Waals surface area contributed by atoms with Crippen LogP contribution in [0.2, 0.25) is 0 Å². The van der Waals surface area contributed by atoms with Gasteiger partial charge in [0.15, 0.2) is 0 Å². The van der Waals surface area contributed by atoms with Crippen molar-refractivity contribution in [2.24, 2.45) is 0 Å². The summed E-state index contributed by atoms with van der Waals surface area (Å²) < 4.78 is 0. The second-order valence-corrected chi connectivity index (χ2v) is 5.31. The molecule has 0 aromatic heterocycles. The molecule has 1 aromatic rings. The van der Waals surface area contributed by atoms with Crippen molar-refractivity contribution in [1.29, 1.82) is 0 Å². The summed E-state index contributed by atoms with van der Waals surface area (Å²) in [4.78, 5) is 11.6. The van der Waals surface area contributed by atoms with Crippen LogP contribution in [-0.4, -0.2) is 30.2 Å². The van der Waals surface area contributed by atoms with Gasteiger partial charge in [-0.05, 0) is 50.8 Å². The summed E-state index contributed by atoms with van der Waals surface area (Å²) in [6.07, 6.45) is 3.39. The molecule has 1 aromatic carbocycles.